The van der Waals surface area contributed by atoms with Gasteiger partial charge in [-0.1, -0.05) is 30.3 Å². The van der Waals surface area contributed by atoms with Gasteiger partial charge in [0, 0.05) is 11.6 Å². The lowest BCUT2D eigenvalue weighted by Crippen LogP contribution is -2.86. The van der Waals surface area contributed by atoms with Gasteiger partial charge in [0.2, 0.25) is 0 Å². The van der Waals surface area contributed by atoms with Crippen molar-refractivity contribution in [2.75, 3.05) is 19.0 Å². The summed E-state index contributed by atoms with van der Waals surface area (Å²) in [5.74, 6) is 0.0543. The van der Waals surface area contributed by atoms with Crippen molar-refractivity contribution in [3.63, 3.8) is 0 Å². The molecule has 0 heterocycles. The van der Waals surface area contributed by atoms with Gasteiger partial charge >= 0.3 is 0 Å². The lowest BCUT2D eigenvalue weighted by molar-refractivity contribution is -0.682. The SMILES string of the molecule is COc1cc([N+](=O)[O-])ccc1NC(=O)C[NH2+][C@@H](C)c1ccccc1. The summed E-state index contributed by atoms with van der Waals surface area (Å²) >= 11 is 0. The fraction of sp³-hybridized carbons (Fsp3) is 0.235. The number of nitrogens with one attached hydrogen (secondary N) is 1. The molecule has 0 aliphatic heterocycles. The number of non-ortho nitro benzene ring substituents is 1. The number of hydrogen-bond acceptors (Lipinski definition) is 4. The molecule has 0 aliphatic rings. The summed E-state index contributed by atoms with van der Waals surface area (Å²) in [5.41, 5.74) is 1.46. The number of nitro benzene ring substituents is 1. The molecular formula is C17H20N3O4+. The van der Waals surface area contributed by atoms with Crippen LogP contribution < -0.4 is 15.4 Å². The third-order valence-electron chi connectivity index (χ3n) is 3.65. The van der Waals surface area contributed by atoms with Crippen LogP contribution in [-0.4, -0.2) is 24.5 Å². The Balaban J connectivity index is 1.96. The van der Waals surface area contributed by atoms with E-state index in [4.69, 9.17) is 4.74 Å². The smallest absolute Gasteiger partial charge is 0.279 e. The van der Waals surface area contributed by atoms with Crippen LogP contribution >= 0.6 is 0 Å². The van der Waals surface area contributed by atoms with E-state index in [0.717, 1.165) is 5.56 Å². The third-order valence-corrected chi connectivity index (χ3v) is 3.65. The summed E-state index contributed by atoms with van der Waals surface area (Å²) in [7, 11) is 1.40. The molecule has 126 valence electrons. The number of nitrogens with zero attached hydrogens (tertiary/aromatic N) is 1. The molecule has 24 heavy (non-hydrogen) atoms. The second-order valence-corrected chi connectivity index (χ2v) is 5.33. The van der Waals surface area contributed by atoms with Crippen molar-refractivity contribution in [2.24, 2.45) is 0 Å². The van der Waals surface area contributed by atoms with Crippen molar-refractivity contribution in [3.05, 3.63) is 64.2 Å². The van der Waals surface area contributed by atoms with Gasteiger partial charge in [-0.3, -0.25) is 14.9 Å². The van der Waals surface area contributed by atoms with Crippen LogP contribution in [0.5, 0.6) is 5.75 Å². The number of nitro groups is 1. The fourth-order valence-electron chi connectivity index (χ4n) is 2.27. The zero-order chi connectivity index (χ0) is 17.5. The van der Waals surface area contributed by atoms with Gasteiger partial charge in [-0.15, -0.1) is 0 Å². The molecule has 2 aromatic rings. The molecule has 2 aromatic carbocycles. The quantitative estimate of drug-likeness (QED) is 0.598. The van der Waals surface area contributed by atoms with Crippen LogP contribution in [0.4, 0.5) is 11.4 Å². The maximum Gasteiger partial charge on any atom is 0.279 e. The van der Waals surface area contributed by atoms with Gasteiger partial charge in [-0.25, -0.2) is 0 Å². The van der Waals surface area contributed by atoms with Gasteiger partial charge < -0.3 is 15.4 Å². The highest BCUT2D eigenvalue weighted by molar-refractivity contribution is 5.93. The minimum absolute atomic E-state index is 0.0888. The number of rotatable bonds is 7. The van der Waals surface area contributed by atoms with Crippen molar-refractivity contribution in [1.82, 2.24) is 0 Å². The Hall–Kier alpha value is -2.93. The number of quaternary nitrogens is 1. The van der Waals surface area contributed by atoms with E-state index >= 15 is 0 Å². The first-order valence-corrected chi connectivity index (χ1v) is 7.52. The van der Waals surface area contributed by atoms with E-state index in [1.807, 2.05) is 42.6 Å². The standard InChI is InChI=1S/C17H19N3O4/c1-12(13-6-4-3-5-7-13)18-11-17(21)19-15-9-8-14(20(22)23)10-16(15)24-2/h3-10,12,18H,11H2,1-2H3,(H,19,21)/p+1/t12-/m0/s1. The fourth-order valence-corrected chi connectivity index (χ4v) is 2.27. The molecule has 7 nitrogen and oxygen atoms in total. The van der Waals surface area contributed by atoms with Crippen LogP contribution in [0.15, 0.2) is 48.5 Å². The van der Waals surface area contributed by atoms with E-state index in [1.165, 1.54) is 25.3 Å². The Morgan fingerprint density at radius 1 is 1.29 bits per heavy atom. The number of nitrogens with two attached hydrogens (primary N) is 1. The predicted molar refractivity (Wildman–Crippen MR) is 89.9 cm³/mol. The number of amides is 1. The topological polar surface area (TPSA) is 98.1 Å². The average molecular weight is 330 g/mol. The molecule has 1 atom stereocenters. The Morgan fingerprint density at radius 3 is 2.62 bits per heavy atom. The molecule has 0 saturated carbocycles. The van der Waals surface area contributed by atoms with Gasteiger partial charge in [0.05, 0.1) is 23.8 Å². The van der Waals surface area contributed by atoms with Crippen LogP contribution in [-0.2, 0) is 4.79 Å². The Kier molecular flexibility index (Phi) is 5.86. The molecule has 0 aromatic heterocycles. The van der Waals surface area contributed by atoms with Crippen LogP contribution in [0, 0.1) is 10.1 Å². The molecular weight excluding hydrogens is 310 g/mol. The molecule has 0 radical (unpaired) electrons. The number of carbonyl (C=O) groups is 1. The van der Waals surface area contributed by atoms with Gasteiger partial charge in [0.25, 0.3) is 11.6 Å². The van der Waals surface area contributed by atoms with E-state index in [2.05, 4.69) is 5.32 Å². The summed E-state index contributed by atoms with van der Waals surface area (Å²) in [6.45, 7) is 2.26. The number of anilines is 1. The molecule has 0 bridgehead atoms. The number of ether oxygens (including phenoxy) is 1. The minimum atomic E-state index is -0.510. The lowest BCUT2D eigenvalue weighted by Gasteiger charge is -2.12. The van der Waals surface area contributed by atoms with Crippen LogP contribution in [0.3, 0.4) is 0 Å². The van der Waals surface area contributed by atoms with E-state index in [9.17, 15) is 14.9 Å². The lowest BCUT2D eigenvalue weighted by atomic mass is 10.1. The Labute approximate surface area is 139 Å². The average Bonchev–Trinajstić information content (AvgIpc) is 2.60. The second-order valence-electron chi connectivity index (χ2n) is 5.33. The van der Waals surface area contributed by atoms with Crippen molar-refractivity contribution >= 4 is 17.3 Å². The predicted octanol–water partition coefficient (Wildman–Crippen LogP) is 1.87. The molecule has 7 heteroatoms. The van der Waals surface area contributed by atoms with Crippen LogP contribution in [0.2, 0.25) is 0 Å². The van der Waals surface area contributed by atoms with Gasteiger partial charge in [0.1, 0.15) is 11.8 Å². The van der Waals surface area contributed by atoms with Gasteiger partial charge in [0.15, 0.2) is 6.54 Å². The van der Waals surface area contributed by atoms with E-state index in [1.54, 1.807) is 0 Å². The molecule has 0 unspecified atom stereocenters. The third kappa shape index (κ3) is 4.53. The Bertz CT molecular complexity index is 719. The maximum absolute atomic E-state index is 12.1. The first-order valence-electron chi connectivity index (χ1n) is 7.52. The summed E-state index contributed by atoms with van der Waals surface area (Å²) in [6, 6.07) is 14.1. The zero-order valence-electron chi connectivity index (χ0n) is 13.6. The largest absolute Gasteiger partial charge is 0.494 e. The first-order chi connectivity index (χ1) is 11.5. The molecule has 3 N–H and O–H groups in total. The van der Waals surface area contributed by atoms with Crippen LogP contribution in [0.1, 0.15) is 18.5 Å². The maximum atomic E-state index is 12.1. The number of benzene rings is 2. The van der Waals surface area contributed by atoms with E-state index < -0.39 is 4.92 Å². The zero-order valence-corrected chi connectivity index (χ0v) is 13.6. The number of hydrogen-bond donors (Lipinski definition) is 2. The van der Waals surface area contributed by atoms with E-state index in [0.29, 0.717) is 5.69 Å². The Morgan fingerprint density at radius 2 is 2.00 bits per heavy atom. The first kappa shape index (κ1) is 17.4. The summed E-state index contributed by atoms with van der Waals surface area (Å²) in [4.78, 5) is 22.4. The summed E-state index contributed by atoms with van der Waals surface area (Å²) < 4.78 is 5.10. The highest BCUT2D eigenvalue weighted by atomic mass is 16.6. The van der Waals surface area contributed by atoms with E-state index in [-0.39, 0.29) is 29.9 Å². The van der Waals surface area contributed by atoms with Crippen LogP contribution in [0.25, 0.3) is 0 Å². The molecule has 2 rings (SSSR count). The second kappa shape index (κ2) is 8.07. The monoisotopic (exact) mass is 330 g/mol. The minimum Gasteiger partial charge on any atom is -0.494 e. The molecule has 0 saturated heterocycles. The van der Waals surface area contributed by atoms with Crippen molar-refractivity contribution in [3.8, 4) is 5.75 Å². The molecule has 0 aliphatic carbocycles. The normalized spacial score (nSPS) is 11.6. The van der Waals surface area contributed by atoms with Gasteiger partial charge in [-0.2, -0.15) is 0 Å². The summed E-state index contributed by atoms with van der Waals surface area (Å²) in [5, 5.41) is 15.4. The molecule has 0 spiro atoms. The molecule has 0 fully saturated rings. The highest BCUT2D eigenvalue weighted by Gasteiger charge is 2.15. The number of methoxy groups -OCH3 is 1. The highest BCUT2D eigenvalue weighted by Crippen LogP contribution is 2.28. The van der Waals surface area contributed by atoms with Crippen molar-refractivity contribution in [1.29, 1.82) is 0 Å². The summed E-state index contributed by atoms with van der Waals surface area (Å²) in [6.07, 6.45) is 0. The van der Waals surface area contributed by atoms with Crippen molar-refractivity contribution in [2.45, 2.75) is 13.0 Å². The number of carbonyl (C=O) groups excluding carboxylic acids is 1. The van der Waals surface area contributed by atoms with Crippen molar-refractivity contribution < 1.29 is 19.8 Å². The van der Waals surface area contributed by atoms with Gasteiger partial charge in [-0.05, 0) is 13.0 Å². The molecule has 1 amide bonds.